The number of hydrogen-bond donors (Lipinski definition) is 1. The van der Waals surface area contributed by atoms with Crippen molar-refractivity contribution in [3.05, 3.63) is 77.0 Å². The molecule has 1 aromatic heterocycles. The molecule has 1 heterocycles. The van der Waals surface area contributed by atoms with Crippen LogP contribution in [0.4, 0.5) is 5.69 Å². The number of nitrogens with one attached hydrogen (secondary N) is 1. The first-order valence-corrected chi connectivity index (χ1v) is 8.86. The van der Waals surface area contributed by atoms with Gasteiger partial charge >= 0.3 is 0 Å². The number of halogens is 1. The van der Waals surface area contributed by atoms with Gasteiger partial charge in [0.25, 0.3) is 5.91 Å². The van der Waals surface area contributed by atoms with Crippen LogP contribution < -0.4 is 14.8 Å². The standard InChI is InChI=1S/C20H17BrN2O3/c1-2-25-17-7-9-19(10-8-17)26-18-5-3-16(4-6-18)23-20(24)14-11-15(21)13-22-12-14/h3-13H,2H2,1H3,(H,23,24). The van der Waals surface area contributed by atoms with Gasteiger partial charge in [0, 0.05) is 22.6 Å². The number of pyridine rings is 1. The van der Waals surface area contributed by atoms with Crippen LogP contribution >= 0.6 is 15.9 Å². The van der Waals surface area contributed by atoms with E-state index in [1.54, 1.807) is 36.5 Å². The third-order valence-corrected chi connectivity index (χ3v) is 3.88. The molecule has 0 saturated carbocycles. The molecule has 132 valence electrons. The van der Waals surface area contributed by atoms with Crippen molar-refractivity contribution in [2.75, 3.05) is 11.9 Å². The lowest BCUT2D eigenvalue weighted by Gasteiger charge is -2.09. The van der Waals surface area contributed by atoms with Gasteiger partial charge < -0.3 is 14.8 Å². The molecule has 6 heteroatoms. The molecule has 0 fully saturated rings. The zero-order valence-electron chi connectivity index (χ0n) is 14.1. The van der Waals surface area contributed by atoms with Gasteiger partial charge in [0.15, 0.2) is 0 Å². The van der Waals surface area contributed by atoms with Crippen molar-refractivity contribution in [2.24, 2.45) is 0 Å². The quantitative estimate of drug-likeness (QED) is 0.597. The molecule has 26 heavy (non-hydrogen) atoms. The second-order valence-corrected chi connectivity index (χ2v) is 6.29. The molecule has 3 rings (SSSR count). The van der Waals surface area contributed by atoms with Gasteiger partial charge in [0.2, 0.25) is 0 Å². The van der Waals surface area contributed by atoms with Gasteiger partial charge in [-0.2, -0.15) is 0 Å². The van der Waals surface area contributed by atoms with Gasteiger partial charge in [-0.05, 0) is 77.5 Å². The molecule has 0 aliphatic heterocycles. The summed E-state index contributed by atoms with van der Waals surface area (Å²) in [5.41, 5.74) is 1.16. The van der Waals surface area contributed by atoms with E-state index in [4.69, 9.17) is 9.47 Å². The van der Waals surface area contributed by atoms with E-state index in [1.807, 2.05) is 31.2 Å². The molecule has 0 atom stereocenters. The van der Waals surface area contributed by atoms with E-state index in [9.17, 15) is 4.79 Å². The summed E-state index contributed by atoms with van der Waals surface area (Å²) in [6.07, 6.45) is 3.15. The highest BCUT2D eigenvalue weighted by atomic mass is 79.9. The minimum atomic E-state index is -0.223. The normalized spacial score (nSPS) is 10.2. The third kappa shape index (κ3) is 4.83. The molecule has 0 radical (unpaired) electrons. The molecule has 1 N–H and O–H groups in total. The summed E-state index contributed by atoms with van der Waals surface area (Å²) in [7, 11) is 0. The van der Waals surface area contributed by atoms with E-state index in [2.05, 4.69) is 26.2 Å². The van der Waals surface area contributed by atoms with Gasteiger partial charge in [-0.15, -0.1) is 0 Å². The van der Waals surface area contributed by atoms with Crippen molar-refractivity contribution in [3.63, 3.8) is 0 Å². The average Bonchev–Trinajstić information content (AvgIpc) is 2.65. The Bertz CT molecular complexity index is 880. The molecule has 1 amide bonds. The molecule has 2 aromatic carbocycles. The Labute approximate surface area is 160 Å². The Morgan fingerprint density at radius 2 is 1.62 bits per heavy atom. The highest BCUT2D eigenvalue weighted by molar-refractivity contribution is 9.10. The average molecular weight is 413 g/mol. The highest BCUT2D eigenvalue weighted by Crippen LogP contribution is 2.25. The molecule has 0 aliphatic rings. The zero-order chi connectivity index (χ0) is 18.4. The van der Waals surface area contributed by atoms with Crippen LogP contribution in [0.15, 0.2) is 71.5 Å². The van der Waals surface area contributed by atoms with Crippen LogP contribution in [-0.4, -0.2) is 17.5 Å². The minimum Gasteiger partial charge on any atom is -0.494 e. The van der Waals surface area contributed by atoms with Gasteiger partial charge in [-0.1, -0.05) is 0 Å². The summed E-state index contributed by atoms with van der Waals surface area (Å²) in [4.78, 5) is 16.2. The summed E-state index contributed by atoms with van der Waals surface area (Å²) in [5.74, 6) is 1.97. The van der Waals surface area contributed by atoms with Gasteiger partial charge in [-0.25, -0.2) is 0 Å². The molecule has 0 bridgehead atoms. The number of ether oxygens (including phenoxy) is 2. The van der Waals surface area contributed by atoms with Crippen molar-refractivity contribution in [2.45, 2.75) is 6.92 Å². The van der Waals surface area contributed by atoms with E-state index in [-0.39, 0.29) is 5.91 Å². The van der Waals surface area contributed by atoms with Crippen LogP contribution in [0.3, 0.4) is 0 Å². The fourth-order valence-corrected chi connectivity index (χ4v) is 2.62. The predicted octanol–water partition coefficient (Wildman–Crippen LogP) is 5.29. The second-order valence-electron chi connectivity index (χ2n) is 5.38. The van der Waals surface area contributed by atoms with E-state index in [0.29, 0.717) is 29.4 Å². The third-order valence-electron chi connectivity index (χ3n) is 3.45. The molecule has 3 aromatic rings. The number of carbonyl (C=O) groups is 1. The zero-order valence-corrected chi connectivity index (χ0v) is 15.7. The number of anilines is 1. The summed E-state index contributed by atoms with van der Waals surface area (Å²) in [5, 5.41) is 2.83. The van der Waals surface area contributed by atoms with Crippen LogP contribution in [-0.2, 0) is 0 Å². The Kier molecular flexibility index (Phi) is 5.86. The number of nitrogens with zero attached hydrogens (tertiary/aromatic N) is 1. The lowest BCUT2D eigenvalue weighted by atomic mass is 10.2. The Balaban J connectivity index is 1.62. The fraction of sp³-hybridized carbons (Fsp3) is 0.100. The number of benzene rings is 2. The SMILES string of the molecule is CCOc1ccc(Oc2ccc(NC(=O)c3cncc(Br)c3)cc2)cc1. The molecule has 0 saturated heterocycles. The molecular formula is C20H17BrN2O3. The molecule has 0 spiro atoms. The van der Waals surface area contributed by atoms with Crippen LogP contribution in [0.2, 0.25) is 0 Å². The minimum absolute atomic E-state index is 0.223. The van der Waals surface area contributed by atoms with Crippen molar-refractivity contribution >= 4 is 27.5 Å². The topological polar surface area (TPSA) is 60.5 Å². The highest BCUT2D eigenvalue weighted by Gasteiger charge is 2.07. The van der Waals surface area contributed by atoms with E-state index in [0.717, 1.165) is 10.2 Å². The van der Waals surface area contributed by atoms with E-state index >= 15 is 0 Å². The lowest BCUT2D eigenvalue weighted by molar-refractivity contribution is 0.102. The first-order chi connectivity index (χ1) is 12.6. The van der Waals surface area contributed by atoms with Crippen LogP contribution in [0.5, 0.6) is 17.2 Å². The number of hydrogen-bond acceptors (Lipinski definition) is 4. The maximum Gasteiger partial charge on any atom is 0.257 e. The summed E-state index contributed by atoms with van der Waals surface area (Å²) >= 11 is 3.30. The first kappa shape index (κ1) is 17.9. The summed E-state index contributed by atoms with van der Waals surface area (Å²) in [6.45, 7) is 2.57. The largest absolute Gasteiger partial charge is 0.494 e. The summed E-state index contributed by atoms with van der Waals surface area (Å²) in [6, 6.07) is 16.3. The van der Waals surface area contributed by atoms with Gasteiger partial charge in [0.05, 0.1) is 12.2 Å². The number of rotatable bonds is 6. The fourth-order valence-electron chi connectivity index (χ4n) is 2.25. The Morgan fingerprint density at radius 3 is 2.23 bits per heavy atom. The van der Waals surface area contributed by atoms with Crippen molar-refractivity contribution in [3.8, 4) is 17.2 Å². The number of aromatic nitrogens is 1. The molecular weight excluding hydrogens is 396 g/mol. The first-order valence-electron chi connectivity index (χ1n) is 8.07. The maximum absolute atomic E-state index is 12.2. The van der Waals surface area contributed by atoms with Crippen LogP contribution in [0, 0.1) is 0 Å². The van der Waals surface area contributed by atoms with Gasteiger partial charge in [0.1, 0.15) is 17.2 Å². The molecule has 0 unspecified atom stereocenters. The van der Waals surface area contributed by atoms with Crippen LogP contribution in [0.1, 0.15) is 17.3 Å². The Morgan fingerprint density at radius 1 is 1.00 bits per heavy atom. The van der Waals surface area contributed by atoms with E-state index in [1.165, 1.54) is 6.20 Å². The van der Waals surface area contributed by atoms with Gasteiger partial charge in [-0.3, -0.25) is 9.78 Å². The summed E-state index contributed by atoms with van der Waals surface area (Å²) < 4.78 is 11.9. The van der Waals surface area contributed by atoms with Crippen molar-refractivity contribution in [1.29, 1.82) is 0 Å². The maximum atomic E-state index is 12.2. The number of carbonyl (C=O) groups excluding carboxylic acids is 1. The van der Waals surface area contributed by atoms with Crippen LogP contribution in [0.25, 0.3) is 0 Å². The van der Waals surface area contributed by atoms with E-state index < -0.39 is 0 Å². The van der Waals surface area contributed by atoms with Crippen molar-refractivity contribution < 1.29 is 14.3 Å². The molecule has 5 nitrogen and oxygen atoms in total. The smallest absolute Gasteiger partial charge is 0.257 e. The second kappa shape index (κ2) is 8.49. The Hall–Kier alpha value is -2.86. The molecule has 0 aliphatic carbocycles. The van der Waals surface area contributed by atoms with Crippen molar-refractivity contribution in [1.82, 2.24) is 4.98 Å². The number of amides is 1. The predicted molar refractivity (Wildman–Crippen MR) is 104 cm³/mol. The monoisotopic (exact) mass is 412 g/mol. The lowest BCUT2D eigenvalue weighted by Crippen LogP contribution is -2.12.